The third kappa shape index (κ3) is 4.17. The van der Waals surface area contributed by atoms with Crippen LogP contribution in [-0.4, -0.2) is 40.1 Å². The fraction of sp³-hybridized carbons (Fsp3) is 0.192. The van der Waals surface area contributed by atoms with Gasteiger partial charge < -0.3 is 19.7 Å². The number of ether oxygens (including phenoxy) is 2. The topological polar surface area (TPSA) is 109 Å². The zero-order valence-corrected chi connectivity index (χ0v) is 18.8. The van der Waals surface area contributed by atoms with Crippen LogP contribution in [0.3, 0.4) is 0 Å². The Morgan fingerprint density at radius 2 is 1.59 bits per heavy atom. The van der Waals surface area contributed by atoms with Gasteiger partial charge in [-0.1, -0.05) is 12.1 Å². The summed E-state index contributed by atoms with van der Waals surface area (Å²) in [6.45, 7) is 4.50. The molecule has 8 nitrogen and oxygen atoms in total. The number of amides is 1. The molecule has 1 unspecified atom stereocenters. The molecule has 34 heavy (non-hydrogen) atoms. The van der Waals surface area contributed by atoms with Gasteiger partial charge in [-0.2, -0.15) is 0 Å². The molecule has 8 heteroatoms. The van der Waals surface area contributed by atoms with Crippen LogP contribution >= 0.6 is 0 Å². The number of hydrogen-bond acceptors (Lipinski definition) is 7. The van der Waals surface area contributed by atoms with Gasteiger partial charge in [0, 0.05) is 29.7 Å². The SMILES string of the molecule is CCOc1ccc(N2C(=O)C(=O)/C(=C(/O)c3ccncc3)C2c2ccc(O)cc2)cc1OCC. The Morgan fingerprint density at radius 3 is 2.24 bits per heavy atom. The van der Waals surface area contributed by atoms with Crippen LogP contribution in [0.15, 0.2) is 72.6 Å². The number of rotatable bonds is 7. The smallest absolute Gasteiger partial charge is 0.300 e. The van der Waals surface area contributed by atoms with E-state index >= 15 is 0 Å². The fourth-order valence-corrected chi connectivity index (χ4v) is 3.93. The molecule has 0 saturated carbocycles. The van der Waals surface area contributed by atoms with E-state index in [-0.39, 0.29) is 17.1 Å². The van der Waals surface area contributed by atoms with Gasteiger partial charge in [-0.3, -0.25) is 19.5 Å². The van der Waals surface area contributed by atoms with Gasteiger partial charge >= 0.3 is 0 Å². The number of aliphatic hydroxyl groups is 1. The number of benzene rings is 2. The third-order valence-corrected chi connectivity index (χ3v) is 5.41. The Hall–Kier alpha value is -4.33. The maximum absolute atomic E-state index is 13.3. The van der Waals surface area contributed by atoms with Gasteiger partial charge in [-0.05, 0) is 55.8 Å². The lowest BCUT2D eigenvalue weighted by Gasteiger charge is -2.26. The number of pyridine rings is 1. The van der Waals surface area contributed by atoms with E-state index in [1.807, 2.05) is 13.8 Å². The zero-order chi connectivity index (χ0) is 24.2. The summed E-state index contributed by atoms with van der Waals surface area (Å²) in [6, 6.07) is 13.3. The number of phenols is 1. The number of Topliss-reactive ketones (excluding diaryl/α,β-unsaturated/α-hetero) is 1. The number of carbonyl (C=O) groups is 2. The highest BCUT2D eigenvalue weighted by Gasteiger charge is 2.47. The average molecular weight is 460 g/mol. The minimum atomic E-state index is -0.929. The third-order valence-electron chi connectivity index (χ3n) is 5.41. The van der Waals surface area contributed by atoms with Crippen molar-refractivity contribution in [3.8, 4) is 17.2 Å². The van der Waals surface area contributed by atoms with Crippen molar-refractivity contribution >= 4 is 23.1 Å². The first-order chi connectivity index (χ1) is 16.5. The van der Waals surface area contributed by atoms with Crippen molar-refractivity contribution in [2.75, 3.05) is 18.1 Å². The number of aromatic nitrogens is 1. The first-order valence-corrected chi connectivity index (χ1v) is 10.9. The molecule has 0 bridgehead atoms. The number of phenolic OH excluding ortho intramolecular Hbond substituents is 1. The van der Waals surface area contributed by atoms with Crippen LogP contribution in [0.25, 0.3) is 5.76 Å². The zero-order valence-electron chi connectivity index (χ0n) is 18.8. The minimum absolute atomic E-state index is 0.0366. The number of aromatic hydroxyl groups is 1. The molecule has 174 valence electrons. The lowest BCUT2D eigenvalue weighted by atomic mass is 9.95. The van der Waals surface area contributed by atoms with Crippen molar-refractivity contribution in [1.82, 2.24) is 4.98 Å². The number of aliphatic hydroxyl groups excluding tert-OH is 1. The molecule has 4 rings (SSSR count). The van der Waals surface area contributed by atoms with Gasteiger partial charge in [0.2, 0.25) is 0 Å². The maximum Gasteiger partial charge on any atom is 0.300 e. The number of anilines is 1. The fourth-order valence-electron chi connectivity index (χ4n) is 3.93. The van der Waals surface area contributed by atoms with Gasteiger partial charge in [-0.15, -0.1) is 0 Å². The molecule has 1 saturated heterocycles. The van der Waals surface area contributed by atoms with Crippen LogP contribution in [0.1, 0.15) is 31.0 Å². The molecule has 1 aromatic heterocycles. The summed E-state index contributed by atoms with van der Waals surface area (Å²) in [7, 11) is 0. The van der Waals surface area contributed by atoms with Crippen molar-refractivity contribution in [3.63, 3.8) is 0 Å². The number of carbonyl (C=O) groups excluding carboxylic acids is 2. The minimum Gasteiger partial charge on any atom is -0.508 e. The van der Waals surface area contributed by atoms with Crippen molar-refractivity contribution in [3.05, 3.63) is 83.7 Å². The molecular weight excluding hydrogens is 436 g/mol. The van der Waals surface area contributed by atoms with Crippen molar-refractivity contribution < 1.29 is 29.3 Å². The van der Waals surface area contributed by atoms with Gasteiger partial charge in [0.05, 0.1) is 24.8 Å². The molecule has 0 radical (unpaired) electrons. The van der Waals surface area contributed by atoms with E-state index in [0.717, 1.165) is 0 Å². The molecule has 3 aromatic rings. The molecule has 0 aliphatic carbocycles. The average Bonchev–Trinajstić information content (AvgIpc) is 3.11. The number of nitrogens with zero attached hydrogens (tertiary/aromatic N) is 2. The first kappa shape index (κ1) is 22.8. The van der Waals surface area contributed by atoms with Crippen molar-refractivity contribution in [1.29, 1.82) is 0 Å². The second-order valence-electron chi connectivity index (χ2n) is 7.49. The molecular formula is C26H24N2O6. The lowest BCUT2D eigenvalue weighted by Crippen LogP contribution is -2.29. The Kier molecular flexibility index (Phi) is 6.49. The highest BCUT2D eigenvalue weighted by Crippen LogP contribution is 2.44. The molecule has 1 amide bonds. The van der Waals surface area contributed by atoms with Gasteiger partial charge in [-0.25, -0.2) is 0 Å². The van der Waals surface area contributed by atoms with E-state index in [0.29, 0.717) is 41.5 Å². The van der Waals surface area contributed by atoms with Crippen molar-refractivity contribution in [2.24, 2.45) is 0 Å². The second kappa shape index (κ2) is 9.66. The normalized spacial score (nSPS) is 17.1. The molecule has 2 heterocycles. The molecule has 1 aliphatic heterocycles. The van der Waals surface area contributed by atoms with E-state index in [2.05, 4.69) is 4.98 Å². The van der Waals surface area contributed by atoms with Gasteiger partial charge in [0.1, 0.15) is 11.5 Å². The molecule has 2 aromatic carbocycles. The summed E-state index contributed by atoms with van der Waals surface area (Å²) in [5.41, 5.74) is 1.24. The van der Waals surface area contributed by atoms with Crippen LogP contribution in [-0.2, 0) is 9.59 Å². The Labute approximate surface area is 196 Å². The largest absolute Gasteiger partial charge is 0.508 e. The quantitative estimate of drug-likeness (QED) is 0.309. The van der Waals surface area contributed by atoms with E-state index < -0.39 is 17.7 Å². The van der Waals surface area contributed by atoms with Crippen LogP contribution < -0.4 is 14.4 Å². The highest BCUT2D eigenvalue weighted by molar-refractivity contribution is 6.51. The van der Waals surface area contributed by atoms with E-state index in [1.54, 1.807) is 42.5 Å². The highest BCUT2D eigenvalue weighted by atomic mass is 16.5. The van der Waals surface area contributed by atoms with E-state index in [9.17, 15) is 19.8 Å². The Bertz CT molecular complexity index is 1240. The van der Waals surface area contributed by atoms with Gasteiger partial charge in [0.15, 0.2) is 11.5 Å². The Balaban J connectivity index is 1.91. The monoisotopic (exact) mass is 460 g/mol. The molecule has 2 N–H and O–H groups in total. The molecule has 1 aliphatic rings. The standard InChI is InChI=1S/C26H24N2O6/c1-3-33-20-10-7-18(15-21(20)34-4-2)28-23(16-5-8-19(29)9-6-16)22(25(31)26(28)32)24(30)17-11-13-27-14-12-17/h5-15,23,29-30H,3-4H2,1-2H3/b24-22+. The summed E-state index contributed by atoms with van der Waals surface area (Å²) in [5, 5.41) is 20.8. The van der Waals surface area contributed by atoms with E-state index in [4.69, 9.17) is 9.47 Å². The summed E-state index contributed by atoms with van der Waals surface area (Å²) in [5.74, 6) is -0.934. The first-order valence-electron chi connectivity index (χ1n) is 10.9. The maximum atomic E-state index is 13.3. The predicted molar refractivity (Wildman–Crippen MR) is 126 cm³/mol. The van der Waals surface area contributed by atoms with Gasteiger partial charge in [0.25, 0.3) is 11.7 Å². The lowest BCUT2D eigenvalue weighted by molar-refractivity contribution is -0.132. The summed E-state index contributed by atoms with van der Waals surface area (Å²) < 4.78 is 11.3. The van der Waals surface area contributed by atoms with Crippen LogP contribution in [0.4, 0.5) is 5.69 Å². The number of ketones is 1. The molecule has 1 atom stereocenters. The predicted octanol–water partition coefficient (Wildman–Crippen LogP) is 4.21. The summed E-state index contributed by atoms with van der Waals surface area (Å²) >= 11 is 0. The Morgan fingerprint density at radius 1 is 0.941 bits per heavy atom. The van der Waals surface area contributed by atoms with Crippen molar-refractivity contribution in [2.45, 2.75) is 19.9 Å². The molecule has 0 spiro atoms. The van der Waals surface area contributed by atoms with Crippen LogP contribution in [0.5, 0.6) is 17.2 Å². The van der Waals surface area contributed by atoms with Crippen LogP contribution in [0, 0.1) is 0 Å². The summed E-state index contributed by atoms with van der Waals surface area (Å²) in [4.78, 5) is 31.7. The summed E-state index contributed by atoms with van der Waals surface area (Å²) in [6.07, 6.45) is 2.98. The second-order valence-corrected chi connectivity index (χ2v) is 7.49. The molecule has 1 fully saturated rings. The number of hydrogen-bond donors (Lipinski definition) is 2. The van der Waals surface area contributed by atoms with E-state index in [1.165, 1.54) is 29.4 Å². The van der Waals surface area contributed by atoms with Crippen LogP contribution in [0.2, 0.25) is 0 Å².